The van der Waals surface area contributed by atoms with E-state index in [1.165, 1.54) is 6.20 Å². The SMILES string of the molecule is CC(C)Cc1noc(Cn2cc(CCO)c(C(F)(F)F)n2)n1. The number of rotatable bonds is 6. The zero-order valence-corrected chi connectivity index (χ0v) is 12.3. The van der Waals surface area contributed by atoms with Crippen molar-refractivity contribution in [3.8, 4) is 0 Å². The predicted molar refractivity (Wildman–Crippen MR) is 70.0 cm³/mol. The maximum atomic E-state index is 12.9. The topological polar surface area (TPSA) is 77.0 Å². The van der Waals surface area contributed by atoms with Crippen LogP contribution in [0.1, 0.15) is 36.8 Å². The van der Waals surface area contributed by atoms with Gasteiger partial charge in [0.15, 0.2) is 11.5 Å². The number of hydrogen-bond acceptors (Lipinski definition) is 5. The van der Waals surface area contributed by atoms with Gasteiger partial charge in [-0.3, -0.25) is 4.68 Å². The van der Waals surface area contributed by atoms with E-state index in [9.17, 15) is 13.2 Å². The third-order valence-corrected chi connectivity index (χ3v) is 2.89. The molecule has 0 spiro atoms. The Kier molecular flexibility index (Phi) is 4.84. The van der Waals surface area contributed by atoms with Crippen LogP contribution in [0.2, 0.25) is 0 Å². The molecule has 0 saturated carbocycles. The Hall–Kier alpha value is -1.90. The van der Waals surface area contributed by atoms with Crippen LogP contribution >= 0.6 is 0 Å². The lowest BCUT2D eigenvalue weighted by Crippen LogP contribution is -2.11. The monoisotopic (exact) mass is 318 g/mol. The highest BCUT2D eigenvalue weighted by molar-refractivity contribution is 5.20. The number of halogens is 3. The van der Waals surface area contributed by atoms with Crippen molar-refractivity contribution in [1.29, 1.82) is 0 Å². The van der Waals surface area contributed by atoms with E-state index in [1.54, 1.807) is 0 Å². The Balaban J connectivity index is 2.17. The minimum Gasteiger partial charge on any atom is -0.396 e. The molecule has 6 nitrogen and oxygen atoms in total. The van der Waals surface area contributed by atoms with Crippen molar-refractivity contribution in [2.75, 3.05) is 6.61 Å². The van der Waals surface area contributed by atoms with Gasteiger partial charge >= 0.3 is 6.18 Å². The summed E-state index contributed by atoms with van der Waals surface area (Å²) in [6, 6.07) is 0. The number of nitrogens with zero attached hydrogens (tertiary/aromatic N) is 4. The zero-order valence-electron chi connectivity index (χ0n) is 12.3. The Bertz CT molecular complexity index is 619. The van der Waals surface area contributed by atoms with Crippen molar-refractivity contribution in [1.82, 2.24) is 19.9 Å². The van der Waals surface area contributed by atoms with Crippen molar-refractivity contribution in [3.05, 3.63) is 29.2 Å². The van der Waals surface area contributed by atoms with E-state index in [2.05, 4.69) is 15.2 Å². The molecule has 122 valence electrons. The maximum Gasteiger partial charge on any atom is 0.435 e. The van der Waals surface area contributed by atoms with E-state index in [1.807, 2.05) is 13.8 Å². The molecule has 0 aliphatic rings. The fraction of sp³-hybridized carbons (Fsp3) is 0.615. The molecule has 0 aromatic carbocycles. The van der Waals surface area contributed by atoms with Gasteiger partial charge in [0.25, 0.3) is 0 Å². The van der Waals surface area contributed by atoms with Crippen LogP contribution in [-0.2, 0) is 25.6 Å². The average molecular weight is 318 g/mol. The van der Waals surface area contributed by atoms with Gasteiger partial charge in [0.2, 0.25) is 5.89 Å². The summed E-state index contributed by atoms with van der Waals surface area (Å²) in [6.45, 7) is 3.58. The van der Waals surface area contributed by atoms with Gasteiger partial charge in [-0.2, -0.15) is 23.3 Å². The number of aromatic nitrogens is 4. The summed E-state index contributed by atoms with van der Waals surface area (Å²) in [6.07, 6.45) is -2.80. The van der Waals surface area contributed by atoms with Crippen molar-refractivity contribution in [2.24, 2.45) is 5.92 Å². The minimum absolute atomic E-state index is 0.0421. The Morgan fingerprint density at radius 3 is 2.68 bits per heavy atom. The second kappa shape index (κ2) is 6.47. The van der Waals surface area contributed by atoms with Crippen LogP contribution in [0.15, 0.2) is 10.7 Å². The molecular weight excluding hydrogens is 301 g/mol. The van der Waals surface area contributed by atoms with Crippen molar-refractivity contribution >= 4 is 0 Å². The normalized spacial score (nSPS) is 12.3. The highest BCUT2D eigenvalue weighted by Crippen LogP contribution is 2.31. The molecule has 22 heavy (non-hydrogen) atoms. The molecule has 9 heteroatoms. The molecule has 0 bridgehead atoms. The van der Waals surface area contributed by atoms with Gasteiger partial charge in [-0.05, 0) is 12.3 Å². The fourth-order valence-corrected chi connectivity index (χ4v) is 2.03. The second-order valence-electron chi connectivity index (χ2n) is 5.37. The average Bonchev–Trinajstić information content (AvgIpc) is 2.96. The molecular formula is C13H17F3N4O2. The molecule has 0 amide bonds. The smallest absolute Gasteiger partial charge is 0.396 e. The van der Waals surface area contributed by atoms with Gasteiger partial charge in [-0.15, -0.1) is 0 Å². The standard InChI is InChI=1S/C13H17F3N4O2/c1-8(2)5-10-17-11(22-19-10)7-20-6-9(3-4-21)12(18-20)13(14,15)16/h6,8,21H,3-5,7H2,1-2H3. The first kappa shape index (κ1) is 16.5. The predicted octanol–water partition coefficient (Wildman–Crippen LogP) is 2.07. The summed E-state index contributed by atoms with van der Waals surface area (Å²) in [5.41, 5.74) is -1.06. The molecule has 1 N–H and O–H groups in total. The largest absolute Gasteiger partial charge is 0.435 e. The van der Waals surface area contributed by atoms with Crippen LogP contribution < -0.4 is 0 Å². The fourth-order valence-electron chi connectivity index (χ4n) is 2.03. The van der Waals surface area contributed by atoms with Crippen LogP contribution in [0.5, 0.6) is 0 Å². The molecule has 0 saturated heterocycles. The first-order valence-corrected chi connectivity index (χ1v) is 6.85. The summed E-state index contributed by atoms with van der Waals surface area (Å²) in [5, 5.41) is 16.1. The lowest BCUT2D eigenvalue weighted by Gasteiger charge is -2.04. The van der Waals surface area contributed by atoms with E-state index < -0.39 is 11.9 Å². The highest BCUT2D eigenvalue weighted by atomic mass is 19.4. The van der Waals surface area contributed by atoms with Crippen molar-refractivity contribution in [3.63, 3.8) is 0 Å². The lowest BCUT2D eigenvalue weighted by atomic mass is 10.1. The van der Waals surface area contributed by atoms with Gasteiger partial charge in [-0.1, -0.05) is 19.0 Å². The molecule has 0 radical (unpaired) electrons. The van der Waals surface area contributed by atoms with Gasteiger partial charge in [-0.25, -0.2) is 0 Å². The van der Waals surface area contributed by atoms with Gasteiger partial charge < -0.3 is 9.63 Å². The van der Waals surface area contributed by atoms with Crippen LogP contribution in [0.4, 0.5) is 13.2 Å². The van der Waals surface area contributed by atoms with Gasteiger partial charge in [0.05, 0.1) is 0 Å². The van der Waals surface area contributed by atoms with Crippen LogP contribution in [-0.4, -0.2) is 31.6 Å². The van der Waals surface area contributed by atoms with E-state index in [-0.39, 0.29) is 31.0 Å². The molecule has 2 aromatic heterocycles. The number of alkyl halides is 3. The first-order chi connectivity index (χ1) is 10.3. The van der Waals surface area contributed by atoms with E-state index in [0.717, 1.165) is 4.68 Å². The summed E-state index contributed by atoms with van der Waals surface area (Å²) in [4.78, 5) is 4.12. The van der Waals surface area contributed by atoms with Crippen molar-refractivity contribution in [2.45, 2.75) is 39.4 Å². The minimum atomic E-state index is -4.56. The van der Waals surface area contributed by atoms with Crippen LogP contribution in [0.3, 0.4) is 0 Å². The summed E-state index contributed by atoms with van der Waals surface area (Å²) in [7, 11) is 0. The molecule has 0 aliphatic heterocycles. The summed E-state index contributed by atoms with van der Waals surface area (Å²) in [5.74, 6) is 1.06. The molecule has 2 rings (SSSR count). The molecule has 0 atom stereocenters. The maximum absolute atomic E-state index is 12.9. The third kappa shape index (κ3) is 4.06. The quantitative estimate of drug-likeness (QED) is 0.882. The summed E-state index contributed by atoms with van der Waals surface area (Å²) >= 11 is 0. The summed E-state index contributed by atoms with van der Waals surface area (Å²) < 4.78 is 44.7. The molecule has 2 heterocycles. The zero-order chi connectivity index (χ0) is 16.3. The lowest BCUT2D eigenvalue weighted by molar-refractivity contribution is -0.142. The van der Waals surface area contributed by atoms with E-state index >= 15 is 0 Å². The van der Waals surface area contributed by atoms with Gasteiger partial charge in [0.1, 0.15) is 6.54 Å². The number of aliphatic hydroxyl groups excluding tert-OH is 1. The van der Waals surface area contributed by atoms with Crippen LogP contribution in [0, 0.1) is 5.92 Å². The van der Waals surface area contributed by atoms with E-state index in [0.29, 0.717) is 18.2 Å². The first-order valence-electron chi connectivity index (χ1n) is 6.85. The van der Waals surface area contributed by atoms with Crippen LogP contribution in [0.25, 0.3) is 0 Å². The van der Waals surface area contributed by atoms with Gasteiger partial charge in [0, 0.05) is 24.8 Å². The molecule has 0 fully saturated rings. The highest BCUT2D eigenvalue weighted by Gasteiger charge is 2.37. The Morgan fingerprint density at radius 1 is 1.36 bits per heavy atom. The second-order valence-corrected chi connectivity index (χ2v) is 5.37. The Labute approximate surface area is 124 Å². The molecule has 0 unspecified atom stereocenters. The molecule has 0 aliphatic carbocycles. The number of hydrogen-bond donors (Lipinski definition) is 1. The van der Waals surface area contributed by atoms with Crippen molar-refractivity contribution < 1.29 is 22.8 Å². The molecule has 2 aromatic rings. The van der Waals surface area contributed by atoms with E-state index in [4.69, 9.17) is 9.63 Å². The number of aliphatic hydroxyl groups is 1. The Morgan fingerprint density at radius 2 is 2.09 bits per heavy atom. The third-order valence-electron chi connectivity index (χ3n) is 2.89.